The number of nitrogens with one attached hydrogen (secondary N) is 1. The standard InChI is InChI=1S/C12H13NO3/c1-7-9(6-14)8-4-11(15-2)12(16-3)5-10(8)13-7/h4-6,13H,1-3H3. The fourth-order valence-corrected chi connectivity index (χ4v) is 1.83. The molecule has 0 aliphatic heterocycles. The first kappa shape index (κ1) is 10.5. The van der Waals surface area contributed by atoms with Crippen LogP contribution in [0.1, 0.15) is 16.1 Å². The van der Waals surface area contributed by atoms with Gasteiger partial charge < -0.3 is 14.5 Å². The number of benzene rings is 1. The zero-order valence-electron chi connectivity index (χ0n) is 9.46. The molecule has 0 aliphatic rings. The molecular weight excluding hydrogens is 206 g/mol. The smallest absolute Gasteiger partial charge is 0.162 e. The lowest BCUT2D eigenvalue weighted by molar-refractivity contribution is 0.112. The number of hydrogen-bond acceptors (Lipinski definition) is 3. The van der Waals surface area contributed by atoms with Gasteiger partial charge in [0.2, 0.25) is 0 Å². The lowest BCUT2D eigenvalue weighted by Crippen LogP contribution is -1.90. The van der Waals surface area contributed by atoms with Crippen LogP contribution in [-0.4, -0.2) is 25.5 Å². The number of aryl methyl sites for hydroxylation is 1. The van der Waals surface area contributed by atoms with Gasteiger partial charge in [0, 0.05) is 22.7 Å². The molecule has 0 unspecified atom stereocenters. The van der Waals surface area contributed by atoms with Crippen molar-refractivity contribution >= 4 is 17.2 Å². The summed E-state index contributed by atoms with van der Waals surface area (Å²) >= 11 is 0. The summed E-state index contributed by atoms with van der Waals surface area (Å²) in [5, 5.41) is 0.852. The third-order valence-corrected chi connectivity index (χ3v) is 2.66. The van der Waals surface area contributed by atoms with Crippen molar-refractivity contribution in [1.82, 2.24) is 4.98 Å². The van der Waals surface area contributed by atoms with Crippen molar-refractivity contribution in [3.63, 3.8) is 0 Å². The number of H-pyrrole nitrogens is 1. The van der Waals surface area contributed by atoms with Crippen LogP contribution in [0.5, 0.6) is 11.5 Å². The molecule has 0 saturated carbocycles. The van der Waals surface area contributed by atoms with Crippen LogP contribution in [0.15, 0.2) is 12.1 Å². The second-order valence-corrected chi connectivity index (χ2v) is 3.53. The van der Waals surface area contributed by atoms with E-state index >= 15 is 0 Å². The van der Waals surface area contributed by atoms with Crippen molar-refractivity contribution in [3.8, 4) is 11.5 Å². The largest absolute Gasteiger partial charge is 0.493 e. The molecular formula is C12H13NO3. The van der Waals surface area contributed by atoms with E-state index in [1.807, 2.05) is 13.0 Å². The first-order valence-corrected chi connectivity index (χ1v) is 4.90. The molecule has 2 rings (SSSR count). The molecule has 0 spiro atoms. The highest BCUT2D eigenvalue weighted by atomic mass is 16.5. The molecule has 0 aliphatic carbocycles. The third-order valence-electron chi connectivity index (χ3n) is 2.66. The molecule has 1 N–H and O–H groups in total. The van der Waals surface area contributed by atoms with Crippen LogP contribution in [-0.2, 0) is 0 Å². The molecule has 4 heteroatoms. The lowest BCUT2D eigenvalue weighted by atomic mass is 10.1. The fraction of sp³-hybridized carbons (Fsp3) is 0.250. The number of carbonyl (C=O) groups excluding carboxylic acids is 1. The summed E-state index contributed by atoms with van der Waals surface area (Å²) in [6, 6.07) is 3.63. The zero-order valence-corrected chi connectivity index (χ0v) is 9.46. The summed E-state index contributed by atoms with van der Waals surface area (Å²) in [7, 11) is 3.16. The molecule has 16 heavy (non-hydrogen) atoms. The molecule has 1 aromatic heterocycles. The number of carbonyl (C=O) groups is 1. The summed E-state index contributed by atoms with van der Waals surface area (Å²) in [6.45, 7) is 1.86. The minimum absolute atomic E-state index is 0.622. The van der Waals surface area contributed by atoms with Crippen LogP contribution in [0, 0.1) is 6.92 Å². The van der Waals surface area contributed by atoms with Crippen LogP contribution in [0.4, 0.5) is 0 Å². The van der Waals surface area contributed by atoms with Crippen molar-refractivity contribution < 1.29 is 14.3 Å². The quantitative estimate of drug-likeness (QED) is 0.806. The number of aldehydes is 1. The maximum absolute atomic E-state index is 11.0. The summed E-state index contributed by atoms with van der Waals surface area (Å²) in [4.78, 5) is 14.1. The number of aromatic amines is 1. The van der Waals surface area contributed by atoms with Crippen LogP contribution >= 0.6 is 0 Å². The Hall–Kier alpha value is -1.97. The fourth-order valence-electron chi connectivity index (χ4n) is 1.83. The number of ether oxygens (including phenoxy) is 2. The molecule has 0 bridgehead atoms. The Bertz CT molecular complexity index is 543. The summed E-state index contributed by atoms with van der Waals surface area (Å²) < 4.78 is 10.4. The van der Waals surface area contributed by atoms with Gasteiger partial charge in [-0.2, -0.15) is 0 Å². The van der Waals surface area contributed by atoms with E-state index < -0.39 is 0 Å². The van der Waals surface area contributed by atoms with E-state index in [9.17, 15) is 4.79 Å². The molecule has 0 atom stereocenters. The van der Waals surface area contributed by atoms with Gasteiger partial charge >= 0.3 is 0 Å². The zero-order chi connectivity index (χ0) is 11.7. The molecule has 1 heterocycles. The van der Waals surface area contributed by atoms with Gasteiger partial charge in [0.25, 0.3) is 0 Å². The SMILES string of the molecule is COc1cc2[nH]c(C)c(C=O)c2cc1OC. The van der Waals surface area contributed by atoms with E-state index in [1.54, 1.807) is 20.3 Å². The summed E-state index contributed by atoms with van der Waals surface area (Å²) in [6.07, 6.45) is 0.847. The topological polar surface area (TPSA) is 51.3 Å². The molecule has 0 fully saturated rings. The van der Waals surface area contributed by atoms with Gasteiger partial charge in [0.1, 0.15) is 0 Å². The number of rotatable bonds is 3. The first-order chi connectivity index (χ1) is 7.71. The van der Waals surface area contributed by atoms with Gasteiger partial charge in [-0.25, -0.2) is 0 Å². The molecule has 0 saturated heterocycles. The van der Waals surface area contributed by atoms with Crippen molar-refractivity contribution in [2.24, 2.45) is 0 Å². The van der Waals surface area contributed by atoms with Crippen LogP contribution in [0.2, 0.25) is 0 Å². The predicted molar refractivity (Wildman–Crippen MR) is 61.5 cm³/mol. The van der Waals surface area contributed by atoms with Gasteiger partial charge in [0.15, 0.2) is 17.8 Å². The normalized spacial score (nSPS) is 10.4. The van der Waals surface area contributed by atoms with Crippen molar-refractivity contribution in [2.75, 3.05) is 14.2 Å². The number of fused-ring (bicyclic) bond motifs is 1. The van der Waals surface area contributed by atoms with E-state index in [-0.39, 0.29) is 0 Å². The van der Waals surface area contributed by atoms with Gasteiger partial charge in [0.05, 0.1) is 19.7 Å². The highest BCUT2D eigenvalue weighted by molar-refractivity contribution is 6.00. The average Bonchev–Trinajstić information content (AvgIpc) is 2.61. The van der Waals surface area contributed by atoms with Crippen molar-refractivity contribution in [3.05, 3.63) is 23.4 Å². The maximum Gasteiger partial charge on any atom is 0.162 e. The highest BCUT2D eigenvalue weighted by Crippen LogP contribution is 2.33. The Labute approximate surface area is 93.2 Å². The monoisotopic (exact) mass is 219 g/mol. The Balaban J connectivity index is 2.78. The van der Waals surface area contributed by atoms with E-state index in [4.69, 9.17) is 9.47 Å². The van der Waals surface area contributed by atoms with E-state index in [2.05, 4.69) is 4.98 Å². The Morgan fingerprint density at radius 2 is 1.81 bits per heavy atom. The van der Waals surface area contributed by atoms with Crippen LogP contribution in [0.25, 0.3) is 10.9 Å². The third kappa shape index (κ3) is 1.43. The minimum Gasteiger partial charge on any atom is -0.493 e. The molecule has 2 aromatic rings. The molecule has 1 aromatic carbocycles. The minimum atomic E-state index is 0.622. The van der Waals surface area contributed by atoms with E-state index in [0.717, 1.165) is 22.9 Å². The summed E-state index contributed by atoms with van der Waals surface area (Å²) in [5.74, 6) is 1.27. The Morgan fingerprint density at radius 1 is 1.19 bits per heavy atom. The lowest BCUT2D eigenvalue weighted by Gasteiger charge is -2.07. The van der Waals surface area contributed by atoms with E-state index in [0.29, 0.717) is 17.1 Å². The highest BCUT2D eigenvalue weighted by Gasteiger charge is 2.12. The van der Waals surface area contributed by atoms with Crippen molar-refractivity contribution in [1.29, 1.82) is 0 Å². The second-order valence-electron chi connectivity index (χ2n) is 3.53. The van der Waals surface area contributed by atoms with Crippen LogP contribution in [0.3, 0.4) is 0 Å². The van der Waals surface area contributed by atoms with Crippen LogP contribution < -0.4 is 9.47 Å². The molecule has 84 valence electrons. The second kappa shape index (κ2) is 3.89. The number of aromatic nitrogens is 1. The van der Waals surface area contributed by atoms with Gasteiger partial charge in [-0.05, 0) is 13.0 Å². The van der Waals surface area contributed by atoms with Gasteiger partial charge in [-0.1, -0.05) is 0 Å². The molecule has 4 nitrogen and oxygen atoms in total. The van der Waals surface area contributed by atoms with Crippen molar-refractivity contribution in [2.45, 2.75) is 6.92 Å². The first-order valence-electron chi connectivity index (χ1n) is 4.90. The predicted octanol–water partition coefficient (Wildman–Crippen LogP) is 2.31. The summed E-state index contributed by atoms with van der Waals surface area (Å²) in [5.41, 5.74) is 2.38. The van der Waals surface area contributed by atoms with Gasteiger partial charge in [-0.3, -0.25) is 4.79 Å². The average molecular weight is 219 g/mol. The Kier molecular flexibility index (Phi) is 2.56. The Morgan fingerprint density at radius 3 is 2.38 bits per heavy atom. The molecule has 0 amide bonds. The molecule has 0 radical (unpaired) electrons. The maximum atomic E-state index is 11.0. The number of hydrogen-bond donors (Lipinski definition) is 1. The van der Waals surface area contributed by atoms with E-state index in [1.165, 1.54) is 0 Å². The number of methoxy groups -OCH3 is 2. The van der Waals surface area contributed by atoms with Gasteiger partial charge in [-0.15, -0.1) is 0 Å².